The second-order valence-corrected chi connectivity index (χ2v) is 8.42. The zero-order chi connectivity index (χ0) is 20.7. The highest BCUT2D eigenvalue weighted by molar-refractivity contribution is 5.74. The molecule has 1 aromatic rings. The van der Waals surface area contributed by atoms with Crippen molar-refractivity contribution in [2.75, 3.05) is 33.2 Å². The van der Waals surface area contributed by atoms with Gasteiger partial charge < -0.3 is 19.9 Å². The molecule has 0 spiro atoms. The lowest BCUT2D eigenvalue weighted by atomic mass is 9.98. The van der Waals surface area contributed by atoms with Crippen LogP contribution in [0.1, 0.15) is 39.2 Å². The van der Waals surface area contributed by atoms with Crippen LogP contribution in [0.15, 0.2) is 24.3 Å². The lowest BCUT2D eigenvalue weighted by Crippen LogP contribution is -2.48. The van der Waals surface area contributed by atoms with Gasteiger partial charge in [0.2, 0.25) is 0 Å². The molecule has 0 aromatic heterocycles. The number of hydrogen-bond acceptors (Lipinski definition) is 3. The molecule has 1 saturated heterocycles. The van der Waals surface area contributed by atoms with Crippen LogP contribution in [-0.4, -0.2) is 60.8 Å². The third-order valence-corrected chi connectivity index (χ3v) is 4.65. The largest absolute Gasteiger partial charge is 0.444 e. The van der Waals surface area contributed by atoms with E-state index < -0.39 is 5.60 Å². The number of hydrogen-bond donors (Lipinski definition) is 1. The van der Waals surface area contributed by atoms with Crippen LogP contribution in [0.3, 0.4) is 0 Å². The Morgan fingerprint density at radius 2 is 1.96 bits per heavy atom. The Balaban J connectivity index is 1.76. The number of halogens is 1. The van der Waals surface area contributed by atoms with E-state index >= 15 is 0 Å². The van der Waals surface area contributed by atoms with Gasteiger partial charge in [0.15, 0.2) is 0 Å². The summed E-state index contributed by atoms with van der Waals surface area (Å²) in [5.74, 6) is -0.0300. The first-order valence-electron chi connectivity index (χ1n) is 9.85. The van der Waals surface area contributed by atoms with Crippen LogP contribution >= 0.6 is 0 Å². The monoisotopic (exact) mass is 393 g/mol. The van der Waals surface area contributed by atoms with Gasteiger partial charge in [-0.3, -0.25) is 0 Å². The second-order valence-electron chi connectivity index (χ2n) is 8.42. The molecule has 1 N–H and O–H groups in total. The normalized spacial score (nSPS) is 17.2. The molecule has 0 bridgehead atoms. The van der Waals surface area contributed by atoms with Crippen LogP contribution in [-0.2, 0) is 11.2 Å². The molecule has 1 aliphatic rings. The molecule has 1 atom stereocenters. The number of carbonyl (C=O) groups is 2. The van der Waals surface area contributed by atoms with Crippen molar-refractivity contribution < 1.29 is 18.7 Å². The van der Waals surface area contributed by atoms with Crippen molar-refractivity contribution >= 4 is 12.1 Å². The molecular weight excluding hydrogens is 361 g/mol. The van der Waals surface area contributed by atoms with E-state index in [9.17, 15) is 14.0 Å². The molecule has 0 aliphatic carbocycles. The maximum atomic E-state index is 12.9. The number of benzene rings is 1. The lowest BCUT2D eigenvalue weighted by Gasteiger charge is -2.35. The van der Waals surface area contributed by atoms with Gasteiger partial charge in [-0.05, 0) is 63.6 Å². The minimum absolute atomic E-state index is 0.0910. The summed E-state index contributed by atoms with van der Waals surface area (Å²) >= 11 is 0. The SMILES string of the molecule is CN(C[C@@H]1CCCN(C(=O)NCCc2ccc(F)cc2)C1)C(=O)OC(C)(C)C. The number of ether oxygens (including phenoxy) is 1. The highest BCUT2D eigenvalue weighted by Gasteiger charge is 2.27. The molecule has 0 unspecified atom stereocenters. The molecule has 1 aliphatic heterocycles. The van der Waals surface area contributed by atoms with Gasteiger partial charge in [-0.15, -0.1) is 0 Å². The van der Waals surface area contributed by atoms with Crippen LogP contribution in [0.25, 0.3) is 0 Å². The van der Waals surface area contributed by atoms with E-state index in [1.165, 1.54) is 12.1 Å². The summed E-state index contributed by atoms with van der Waals surface area (Å²) in [6.07, 6.45) is 2.21. The predicted molar refractivity (Wildman–Crippen MR) is 107 cm³/mol. The van der Waals surface area contributed by atoms with Crippen molar-refractivity contribution in [2.45, 2.75) is 45.6 Å². The number of carbonyl (C=O) groups excluding carboxylic acids is 2. The number of piperidine rings is 1. The number of nitrogens with one attached hydrogen (secondary N) is 1. The summed E-state index contributed by atoms with van der Waals surface area (Å²) in [5.41, 5.74) is 0.464. The van der Waals surface area contributed by atoms with Crippen LogP contribution < -0.4 is 5.32 Å². The van der Waals surface area contributed by atoms with Crippen molar-refractivity contribution in [1.29, 1.82) is 0 Å². The van der Waals surface area contributed by atoms with Gasteiger partial charge in [0.25, 0.3) is 0 Å². The average molecular weight is 394 g/mol. The van der Waals surface area contributed by atoms with E-state index in [0.29, 0.717) is 26.1 Å². The summed E-state index contributed by atoms with van der Waals surface area (Å²) in [6, 6.07) is 6.21. The quantitative estimate of drug-likeness (QED) is 0.831. The third-order valence-electron chi connectivity index (χ3n) is 4.65. The Kier molecular flexibility index (Phi) is 7.66. The smallest absolute Gasteiger partial charge is 0.410 e. The van der Waals surface area contributed by atoms with E-state index in [2.05, 4.69) is 5.32 Å². The van der Waals surface area contributed by atoms with Crippen LogP contribution in [0.5, 0.6) is 0 Å². The van der Waals surface area contributed by atoms with Gasteiger partial charge in [-0.1, -0.05) is 12.1 Å². The zero-order valence-corrected chi connectivity index (χ0v) is 17.3. The molecule has 1 fully saturated rings. The summed E-state index contributed by atoms with van der Waals surface area (Å²) in [5, 5.41) is 2.93. The standard InChI is InChI=1S/C21H32FN3O3/c1-21(2,3)28-20(27)24(4)14-17-6-5-13-25(15-17)19(26)23-12-11-16-7-9-18(22)10-8-16/h7-10,17H,5-6,11-15H2,1-4H3,(H,23,26)/t17-/m0/s1. The van der Waals surface area contributed by atoms with Crippen LogP contribution in [0.4, 0.5) is 14.0 Å². The van der Waals surface area contributed by atoms with E-state index in [-0.39, 0.29) is 23.9 Å². The highest BCUT2D eigenvalue weighted by atomic mass is 19.1. The maximum absolute atomic E-state index is 12.9. The fourth-order valence-electron chi connectivity index (χ4n) is 3.28. The predicted octanol–water partition coefficient (Wildman–Crippen LogP) is 3.66. The Morgan fingerprint density at radius 1 is 1.29 bits per heavy atom. The third kappa shape index (κ3) is 7.37. The zero-order valence-electron chi connectivity index (χ0n) is 17.3. The fourth-order valence-corrected chi connectivity index (χ4v) is 3.28. The Morgan fingerprint density at radius 3 is 2.61 bits per heavy atom. The van der Waals surface area contributed by atoms with Crippen LogP contribution in [0.2, 0.25) is 0 Å². The van der Waals surface area contributed by atoms with Gasteiger partial charge in [0, 0.05) is 33.2 Å². The number of urea groups is 1. The lowest BCUT2D eigenvalue weighted by molar-refractivity contribution is 0.0252. The van der Waals surface area contributed by atoms with Crippen molar-refractivity contribution in [3.05, 3.63) is 35.6 Å². The molecule has 156 valence electrons. The van der Waals surface area contributed by atoms with Gasteiger partial charge in [-0.2, -0.15) is 0 Å². The molecule has 0 saturated carbocycles. The first kappa shape index (κ1) is 22.0. The van der Waals surface area contributed by atoms with Crippen molar-refractivity contribution in [2.24, 2.45) is 5.92 Å². The molecule has 6 nitrogen and oxygen atoms in total. The molecule has 1 heterocycles. The second kappa shape index (κ2) is 9.75. The first-order chi connectivity index (χ1) is 13.1. The van der Waals surface area contributed by atoms with E-state index in [4.69, 9.17) is 4.74 Å². The molecular formula is C21H32FN3O3. The molecule has 0 radical (unpaired) electrons. The van der Waals surface area contributed by atoms with Gasteiger partial charge in [-0.25, -0.2) is 14.0 Å². The minimum atomic E-state index is -0.519. The molecule has 1 aromatic carbocycles. The number of rotatable bonds is 5. The molecule has 3 amide bonds. The number of likely N-dealkylation sites (tertiary alicyclic amines) is 1. The Bertz CT molecular complexity index is 658. The number of amides is 3. The summed E-state index contributed by atoms with van der Waals surface area (Å²) in [6.45, 7) is 7.94. The van der Waals surface area contributed by atoms with E-state index in [1.54, 1.807) is 24.1 Å². The van der Waals surface area contributed by atoms with Crippen molar-refractivity contribution in [3.63, 3.8) is 0 Å². The Labute approximate surface area is 167 Å². The van der Waals surface area contributed by atoms with Gasteiger partial charge >= 0.3 is 12.1 Å². The molecule has 28 heavy (non-hydrogen) atoms. The average Bonchev–Trinajstić information content (AvgIpc) is 2.62. The summed E-state index contributed by atoms with van der Waals surface area (Å²) in [7, 11) is 1.73. The summed E-state index contributed by atoms with van der Waals surface area (Å²) < 4.78 is 18.3. The highest BCUT2D eigenvalue weighted by Crippen LogP contribution is 2.18. The fraction of sp³-hybridized carbons (Fsp3) is 0.619. The van der Waals surface area contributed by atoms with Crippen molar-refractivity contribution in [3.8, 4) is 0 Å². The first-order valence-corrected chi connectivity index (χ1v) is 9.85. The minimum Gasteiger partial charge on any atom is -0.444 e. The summed E-state index contributed by atoms with van der Waals surface area (Å²) in [4.78, 5) is 28.0. The number of nitrogens with zero attached hydrogens (tertiary/aromatic N) is 2. The van der Waals surface area contributed by atoms with Crippen molar-refractivity contribution in [1.82, 2.24) is 15.1 Å². The van der Waals surface area contributed by atoms with E-state index in [0.717, 1.165) is 24.9 Å². The maximum Gasteiger partial charge on any atom is 0.410 e. The van der Waals surface area contributed by atoms with Crippen LogP contribution in [0, 0.1) is 11.7 Å². The molecule has 7 heteroatoms. The topological polar surface area (TPSA) is 61.9 Å². The Hall–Kier alpha value is -2.31. The van der Waals surface area contributed by atoms with Gasteiger partial charge in [0.1, 0.15) is 11.4 Å². The van der Waals surface area contributed by atoms with E-state index in [1.807, 2.05) is 25.7 Å². The molecule has 2 rings (SSSR count). The van der Waals surface area contributed by atoms with Gasteiger partial charge in [0.05, 0.1) is 0 Å².